The minimum atomic E-state index is -4.49. The first kappa shape index (κ1) is 25.3. The monoisotopic (exact) mass is 550 g/mol. The molecule has 1 fully saturated rings. The van der Waals surface area contributed by atoms with Crippen LogP contribution in [0.4, 0.5) is 8.78 Å². The van der Waals surface area contributed by atoms with Gasteiger partial charge in [0.15, 0.2) is 11.6 Å². The van der Waals surface area contributed by atoms with E-state index in [9.17, 15) is 22.0 Å². The second-order valence-corrected chi connectivity index (χ2v) is 11.8. The zero-order valence-corrected chi connectivity index (χ0v) is 21.5. The summed E-state index contributed by atoms with van der Waals surface area (Å²) in [5, 5.41) is 4.41. The number of nitrogens with zero attached hydrogens (tertiary/aromatic N) is 3. The molecule has 6 rings (SSSR count). The van der Waals surface area contributed by atoms with Crippen LogP contribution in [0, 0.1) is 5.82 Å². The number of pyridine rings is 1. The van der Waals surface area contributed by atoms with Crippen LogP contribution in [0.3, 0.4) is 0 Å². The molecule has 2 aromatic carbocycles. The molecule has 1 atom stereocenters. The van der Waals surface area contributed by atoms with Crippen molar-refractivity contribution in [1.82, 2.24) is 20.3 Å². The molecular weight excluding hydrogens is 526 g/mol. The molecule has 4 aromatic rings. The van der Waals surface area contributed by atoms with Gasteiger partial charge in [0, 0.05) is 41.2 Å². The summed E-state index contributed by atoms with van der Waals surface area (Å²) in [6, 6.07) is 9.54. The second kappa shape index (κ2) is 9.96. The van der Waals surface area contributed by atoms with E-state index in [1.807, 2.05) is 30.5 Å². The molecule has 0 bridgehead atoms. The van der Waals surface area contributed by atoms with Crippen LogP contribution in [-0.4, -0.2) is 41.4 Å². The molecule has 0 radical (unpaired) electrons. The summed E-state index contributed by atoms with van der Waals surface area (Å²) in [6.07, 6.45) is 8.31. The predicted octanol–water partition coefficient (Wildman–Crippen LogP) is 4.88. The third-order valence-electron chi connectivity index (χ3n) is 7.19. The Morgan fingerprint density at radius 1 is 1.05 bits per heavy atom. The Bertz CT molecular complexity index is 1710. The Kier molecular flexibility index (Phi) is 6.46. The highest BCUT2D eigenvalue weighted by atomic mass is 32.2. The maximum Gasteiger partial charge on any atom is 0.251 e. The maximum atomic E-state index is 14.6. The Morgan fingerprint density at radius 3 is 2.69 bits per heavy atom. The highest BCUT2D eigenvalue weighted by molar-refractivity contribution is 7.92. The topological polar surface area (TPSA) is 111 Å². The quantitative estimate of drug-likeness (QED) is 0.377. The van der Waals surface area contributed by atoms with Crippen molar-refractivity contribution >= 4 is 26.5 Å². The van der Waals surface area contributed by atoms with Crippen LogP contribution in [0.15, 0.2) is 59.9 Å². The first-order chi connectivity index (χ1) is 18.8. The summed E-state index contributed by atoms with van der Waals surface area (Å²) >= 11 is 0. The van der Waals surface area contributed by atoms with Gasteiger partial charge in [-0.3, -0.25) is 14.8 Å². The standard InChI is InChI=1S/C28H24F2N4O4S/c29-22-10-20(11-25-27(22)38-7-6-26(30)39(25,36)37)28(35)33-13-21-9-19-8-17(4-5-18(19)12-32-21)24-15-31-14-23(34-24)16-2-1-3-16/h4-5,8-12,14-16,26H,1-3,6-7,13H2,(H,33,35)/t26-/m1/s1. The molecule has 1 saturated carbocycles. The number of nitrogens with one attached hydrogen (secondary N) is 1. The van der Waals surface area contributed by atoms with Crippen molar-refractivity contribution in [2.75, 3.05) is 6.61 Å². The maximum absolute atomic E-state index is 14.6. The molecule has 2 aromatic heterocycles. The fourth-order valence-electron chi connectivity index (χ4n) is 4.73. The van der Waals surface area contributed by atoms with E-state index in [4.69, 9.17) is 9.72 Å². The largest absolute Gasteiger partial charge is 0.489 e. The van der Waals surface area contributed by atoms with Gasteiger partial charge in [-0.05, 0) is 42.5 Å². The van der Waals surface area contributed by atoms with Crippen molar-refractivity contribution in [3.8, 4) is 17.0 Å². The van der Waals surface area contributed by atoms with Gasteiger partial charge < -0.3 is 10.1 Å². The van der Waals surface area contributed by atoms with Gasteiger partial charge in [0.25, 0.3) is 5.91 Å². The lowest BCUT2D eigenvalue weighted by Crippen LogP contribution is -2.24. The molecule has 3 heterocycles. The highest BCUT2D eigenvalue weighted by Crippen LogP contribution is 2.36. The van der Waals surface area contributed by atoms with Gasteiger partial charge in [-0.15, -0.1) is 0 Å². The molecule has 1 aliphatic heterocycles. The number of carbonyl (C=O) groups excluding carboxylic acids is 1. The van der Waals surface area contributed by atoms with E-state index >= 15 is 0 Å². The number of hydrogen-bond acceptors (Lipinski definition) is 7. The van der Waals surface area contributed by atoms with E-state index in [0.717, 1.165) is 52.7 Å². The Morgan fingerprint density at radius 2 is 1.90 bits per heavy atom. The van der Waals surface area contributed by atoms with Crippen LogP contribution in [0.25, 0.3) is 22.0 Å². The smallest absolute Gasteiger partial charge is 0.251 e. The van der Waals surface area contributed by atoms with Crippen LogP contribution < -0.4 is 10.1 Å². The first-order valence-corrected chi connectivity index (χ1v) is 14.2. The summed E-state index contributed by atoms with van der Waals surface area (Å²) < 4.78 is 58.9. The average molecular weight is 551 g/mol. The van der Waals surface area contributed by atoms with E-state index in [0.29, 0.717) is 11.6 Å². The van der Waals surface area contributed by atoms with Gasteiger partial charge in [0.1, 0.15) is 4.90 Å². The molecule has 1 N–H and O–H groups in total. The number of rotatable bonds is 5. The fraction of sp³-hybridized carbons (Fsp3) is 0.286. The number of halogens is 2. The number of benzene rings is 2. The zero-order valence-electron chi connectivity index (χ0n) is 20.7. The molecule has 1 aliphatic carbocycles. The summed E-state index contributed by atoms with van der Waals surface area (Å²) in [5.74, 6) is -1.88. The van der Waals surface area contributed by atoms with Gasteiger partial charge in [-0.2, -0.15) is 0 Å². The van der Waals surface area contributed by atoms with Gasteiger partial charge >= 0.3 is 0 Å². The molecule has 11 heteroatoms. The van der Waals surface area contributed by atoms with E-state index in [1.54, 1.807) is 12.4 Å². The highest BCUT2D eigenvalue weighted by Gasteiger charge is 2.35. The number of amides is 1. The lowest BCUT2D eigenvalue weighted by molar-refractivity contribution is 0.0949. The molecule has 0 spiro atoms. The Hall–Kier alpha value is -3.99. The van der Waals surface area contributed by atoms with Crippen LogP contribution in [0.5, 0.6) is 5.75 Å². The average Bonchev–Trinajstić information content (AvgIpc) is 3.01. The van der Waals surface area contributed by atoms with Crippen molar-refractivity contribution in [2.45, 2.75) is 48.5 Å². The molecule has 1 amide bonds. The van der Waals surface area contributed by atoms with Crippen molar-refractivity contribution in [2.24, 2.45) is 0 Å². The predicted molar refractivity (Wildman–Crippen MR) is 139 cm³/mol. The molecule has 200 valence electrons. The number of aromatic nitrogens is 3. The molecule has 2 aliphatic rings. The third-order valence-corrected chi connectivity index (χ3v) is 9.01. The number of carbonyl (C=O) groups is 1. The minimum absolute atomic E-state index is 0.00363. The third kappa shape index (κ3) is 4.82. The molecule has 0 saturated heterocycles. The van der Waals surface area contributed by atoms with Crippen LogP contribution in [0.2, 0.25) is 0 Å². The van der Waals surface area contributed by atoms with E-state index < -0.39 is 44.1 Å². The van der Waals surface area contributed by atoms with E-state index in [-0.39, 0.29) is 18.7 Å². The summed E-state index contributed by atoms with van der Waals surface area (Å²) in [4.78, 5) is 25.7. The van der Waals surface area contributed by atoms with Crippen molar-refractivity contribution in [3.05, 3.63) is 77.8 Å². The van der Waals surface area contributed by atoms with E-state index in [2.05, 4.69) is 15.3 Å². The van der Waals surface area contributed by atoms with Crippen molar-refractivity contribution in [3.63, 3.8) is 0 Å². The molecule has 0 unspecified atom stereocenters. The molecule has 8 nitrogen and oxygen atoms in total. The van der Waals surface area contributed by atoms with Crippen LogP contribution in [-0.2, 0) is 16.4 Å². The van der Waals surface area contributed by atoms with Gasteiger partial charge in [-0.1, -0.05) is 18.6 Å². The summed E-state index contributed by atoms with van der Waals surface area (Å²) in [6.45, 7) is -0.284. The summed E-state index contributed by atoms with van der Waals surface area (Å²) in [5.41, 5.74) is 0.736. The fourth-order valence-corrected chi connectivity index (χ4v) is 6.12. The number of sulfone groups is 1. The summed E-state index contributed by atoms with van der Waals surface area (Å²) in [7, 11) is -4.49. The lowest BCUT2D eigenvalue weighted by atomic mass is 9.83. The van der Waals surface area contributed by atoms with Crippen molar-refractivity contribution in [1.29, 1.82) is 0 Å². The minimum Gasteiger partial charge on any atom is -0.489 e. The number of alkyl halides is 1. The van der Waals surface area contributed by atoms with Gasteiger partial charge in [0.2, 0.25) is 15.3 Å². The van der Waals surface area contributed by atoms with Crippen molar-refractivity contribution < 1.29 is 26.7 Å². The molecule has 39 heavy (non-hydrogen) atoms. The Labute approximate surface area is 223 Å². The SMILES string of the molecule is O=C(NCc1cc2cc(-c3cncc(C4CCC4)n3)ccc2cn1)c1cc(F)c2c(c1)S(=O)(=O)[C@@H](F)CCO2. The normalized spacial score (nSPS) is 18.5. The molecular formula is C28H24F2N4O4S. The Balaban J connectivity index is 1.22. The number of fused-ring (bicyclic) bond motifs is 2. The van der Waals surface area contributed by atoms with Gasteiger partial charge in [-0.25, -0.2) is 22.2 Å². The number of hydrogen-bond donors (Lipinski definition) is 1. The first-order valence-electron chi connectivity index (χ1n) is 12.6. The van der Waals surface area contributed by atoms with Crippen LogP contribution in [0.1, 0.15) is 53.3 Å². The van der Waals surface area contributed by atoms with E-state index in [1.165, 1.54) is 6.42 Å². The second-order valence-electron chi connectivity index (χ2n) is 9.75. The lowest BCUT2D eigenvalue weighted by Gasteiger charge is -2.24. The number of ether oxygens (including phenoxy) is 1. The van der Waals surface area contributed by atoms with Gasteiger partial charge in [0.05, 0.1) is 36.4 Å². The van der Waals surface area contributed by atoms with Crippen LogP contribution >= 0.6 is 0 Å². The zero-order chi connectivity index (χ0) is 27.1.